The Balaban J connectivity index is 2.43. The van der Waals surface area contributed by atoms with Crippen LogP contribution in [0.1, 0.15) is 10.4 Å². The Morgan fingerprint density at radius 2 is 1.61 bits per heavy atom. The lowest BCUT2D eigenvalue weighted by molar-refractivity contribution is -0.277. The monoisotopic (exact) mass is 484 g/mol. The summed E-state index contributed by atoms with van der Waals surface area (Å²) in [6, 6.07) is 7.23. The molecule has 1 heterocycles. The Labute approximate surface area is 178 Å². The Kier molecular flexibility index (Phi) is 8.64. The van der Waals surface area contributed by atoms with Gasteiger partial charge in [0, 0.05) is 0 Å². The van der Waals surface area contributed by atoms with Crippen LogP contribution in [0.25, 0.3) is 0 Å². The van der Waals surface area contributed by atoms with Crippen molar-refractivity contribution in [2.45, 2.75) is 30.7 Å². The topological polar surface area (TPSA) is 192 Å². The minimum atomic E-state index is -5.24. The van der Waals surface area contributed by atoms with Crippen molar-refractivity contribution in [1.29, 1.82) is 0 Å². The van der Waals surface area contributed by atoms with Crippen LogP contribution in [0.5, 0.6) is 0 Å². The largest absolute Gasteiger partial charge is 0.453 e. The van der Waals surface area contributed by atoms with Crippen LogP contribution in [0.15, 0.2) is 43.0 Å². The summed E-state index contributed by atoms with van der Waals surface area (Å²) in [7, 11) is -10.4. The Morgan fingerprint density at radius 3 is 2.16 bits per heavy atom. The number of carbonyl (C=O) groups excluding carboxylic acids is 1. The molecular formula is C16H20O13S2. The van der Waals surface area contributed by atoms with Gasteiger partial charge >= 0.3 is 26.8 Å². The number of rotatable bonds is 10. The number of aliphatic hydroxyl groups excluding tert-OH is 1. The summed E-state index contributed by atoms with van der Waals surface area (Å²) in [4.78, 5) is 12.5. The zero-order valence-electron chi connectivity index (χ0n) is 15.7. The Hall–Kier alpha value is -1.95. The van der Waals surface area contributed by atoms with E-state index in [-0.39, 0.29) is 12.2 Å². The maximum Gasteiger partial charge on any atom is 0.397 e. The van der Waals surface area contributed by atoms with Gasteiger partial charge in [0.25, 0.3) is 0 Å². The first-order valence-electron chi connectivity index (χ1n) is 8.51. The Morgan fingerprint density at radius 1 is 1.03 bits per heavy atom. The van der Waals surface area contributed by atoms with Crippen molar-refractivity contribution < 1.29 is 58.4 Å². The molecule has 0 amide bonds. The normalized spacial score (nSPS) is 26.9. The predicted molar refractivity (Wildman–Crippen MR) is 100 cm³/mol. The molecular weight excluding hydrogens is 464 g/mol. The van der Waals surface area contributed by atoms with Gasteiger partial charge in [-0.1, -0.05) is 24.3 Å². The standard InChI is InChI=1S/C16H20O13S2/c1-2-8-25-9-11-12(28-30(19,20)21)13(14(16(18)26-11)29-31(22,23)24)27-15(17)10-6-4-3-5-7-10/h2-7,11-14,16,18H,1,8-9H2,(H,19,20,21)(H,22,23,24)/t11-,12-,13+,14+,16+/m1/s1. The van der Waals surface area contributed by atoms with Crippen molar-refractivity contribution >= 4 is 26.8 Å². The van der Waals surface area contributed by atoms with E-state index >= 15 is 0 Å². The molecule has 0 spiro atoms. The highest BCUT2D eigenvalue weighted by atomic mass is 32.3. The summed E-state index contributed by atoms with van der Waals surface area (Å²) >= 11 is 0. The van der Waals surface area contributed by atoms with E-state index in [0.717, 1.165) is 0 Å². The lowest BCUT2D eigenvalue weighted by Crippen LogP contribution is -2.62. The van der Waals surface area contributed by atoms with Crippen molar-refractivity contribution in [1.82, 2.24) is 0 Å². The molecule has 31 heavy (non-hydrogen) atoms. The van der Waals surface area contributed by atoms with Gasteiger partial charge in [-0.2, -0.15) is 16.8 Å². The third kappa shape index (κ3) is 7.91. The van der Waals surface area contributed by atoms with Crippen LogP contribution >= 0.6 is 0 Å². The second kappa shape index (κ2) is 10.6. The number of carbonyl (C=O) groups is 1. The molecule has 174 valence electrons. The zero-order chi connectivity index (χ0) is 23.2. The SMILES string of the molecule is C=CCOC[C@H]1O[C@H](O)[C@@H](OS(=O)(=O)O)[C@@H](OC(=O)c2ccccc2)[C@@H]1OS(=O)(=O)O. The molecule has 1 aromatic carbocycles. The molecule has 1 aliphatic rings. The van der Waals surface area contributed by atoms with Crippen molar-refractivity contribution in [3.63, 3.8) is 0 Å². The summed E-state index contributed by atoms with van der Waals surface area (Å²) in [5.74, 6) is -1.08. The molecule has 15 heteroatoms. The van der Waals surface area contributed by atoms with Gasteiger partial charge in [-0.05, 0) is 12.1 Å². The van der Waals surface area contributed by atoms with Gasteiger partial charge < -0.3 is 19.3 Å². The smallest absolute Gasteiger partial charge is 0.397 e. The number of aliphatic hydroxyl groups is 1. The quantitative estimate of drug-likeness (QED) is 0.167. The number of esters is 1. The van der Waals surface area contributed by atoms with E-state index in [1.54, 1.807) is 6.07 Å². The molecule has 1 aromatic rings. The number of benzene rings is 1. The van der Waals surface area contributed by atoms with Gasteiger partial charge in [0.1, 0.15) is 12.2 Å². The van der Waals surface area contributed by atoms with Gasteiger partial charge in [0.2, 0.25) is 0 Å². The molecule has 5 atom stereocenters. The summed E-state index contributed by atoms with van der Waals surface area (Å²) in [5, 5.41) is 10.2. The lowest BCUT2D eigenvalue weighted by Gasteiger charge is -2.42. The minimum absolute atomic E-state index is 0.0286. The van der Waals surface area contributed by atoms with E-state index in [0.29, 0.717) is 0 Å². The third-order valence-electron chi connectivity index (χ3n) is 3.85. The molecule has 0 saturated carbocycles. The van der Waals surface area contributed by atoms with Crippen LogP contribution in [-0.4, -0.2) is 80.9 Å². The third-order valence-corrected chi connectivity index (χ3v) is 4.78. The molecule has 0 aromatic heterocycles. The number of ether oxygens (including phenoxy) is 3. The molecule has 3 N–H and O–H groups in total. The van der Waals surface area contributed by atoms with E-state index in [2.05, 4.69) is 14.9 Å². The minimum Gasteiger partial charge on any atom is -0.453 e. The fraction of sp³-hybridized carbons (Fsp3) is 0.438. The summed E-state index contributed by atoms with van der Waals surface area (Å²) < 4.78 is 87.5. The van der Waals surface area contributed by atoms with Crippen LogP contribution in [0.3, 0.4) is 0 Å². The molecule has 2 rings (SSSR count). The maximum atomic E-state index is 12.5. The second-order valence-electron chi connectivity index (χ2n) is 6.10. The number of hydrogen-bond acceptors (Lipinski definition) is 11. The molecule has 0 unspecified atom stereocenters. The number of hydrogen-bond donors (Lipinski definition) is 3. The summed E-state index contributed by atoms with van der Waals surface area (Å²) in [6.07, 6.45) is -8.40. The average molecular weight is 484 g/mol. The first kappa shape index (κ1) is 25.3. The van der Waals surface area contributed by atoms with E-state index in [9.17, 15) is 26.7 Å². The second-order valence-corrected chi connectivity index (χ2v) is 8.20. The van der Waals surface area contributed by atoms with Crippen molar-refractivity contribution in [2.24, 2.45) is 0 Å². The van der Waals surface area contributed by atoms with E-state index < -0.39 is 64.1 Å². The first-order chi connectivity index (χ1) is 14.4. The van der Waals surface area contributed by atoms with Crippen molar-refractivity contribution in [3.8, 4) is 0 Å². The molecule has 0 radical (unpaired) electrons. The van der Waals surface area contributed by atoms with Crippen molar-refractivity contribution in [2.75, 3.05) is 13.2 Å². The van der Waals surface area contributed by atoms with E-state index in [4.69, 9.17) is 23.3 Å². The zero-order valence-corrected chi connectivity index (χ0v) is 17.3. The summed E-state index contributed by atoms with van der Waals surface area (Å²) in [6.45, 7) is 2.92. The fourth-order valence-corrected chi connectivity index (χ4v) is 3.70. The van der Waals surface area contributed by atoms with Crippen LogP contribution in [0.4, 0.5) is 0 Å². The first-order valence-corrected chi connectivity index (χ1v) is 11.2. The molecule has 0 bridgehead atoms. The molecule has 0 aliphatic carbocycles. The van der Waals surface area contributed by atoms with Gasteiger partial charge in [-0.3, -0.25) is 9.11 Å². The van der Waals surface area contributed by atoms with Gasteiger partial charge in [-0.25, -0.2) is 13.2 Å². The van der Waals surface area contributed by atoms with Gasteiger partial charge in [0.15, 0.2) is 18.5 Å². The molecule has 1 fully saturated rings. The van der Waals surface area contributed by atoms with Crippen LogP contribution in [0.2, 0.25) is 0 Å². The van der Waals surface area contributed by atoms with Crippen molar-refractivity contribution in [3.05, 3.63) is 48.6 Å². The fourth-order valence-electron chi connectivity index (χ4n) is 2.70. The lowest BCUT2D eigenvalue weighted by atomic mass is 9.99. The highest BCUT2D eigenvalue weighted by Gasteiger charge is 2.52. The molecule has 13 nitrogen and oxygen atoms in total. The summed E-state index contributed by atoms with van der Waals surface area (Å²) in [5.41, 5.74) is -0.0286. The van der Waals surface area contributed by atoms with Gasteiger partial charge in [-0.15, -0.1) is 6.58 Å². The molecule has 1 aliphatic heterocycles. The average Bonchev–Trinajstić information content (AvgIpc) is 2.66. The highest BCUT2D eigenvalue weighted by Crippen LogP contribution is 2.30. The van der Waals surface area contributed by atoms with Crippen LogP contribution < -0.4 is 0 Å². The van der Waals surface area contributed by atoms with E-state index in [1.807, 2.05) is 0 Å². The predicted octanol–water partition coefficient (Wildman–Crippen LogP) is -0.492. The highest BCUT2D eigenvalue weighted by molar-refractivity contribution is 7.81. The van der Waals surface area contributed by atoms with E-state index in [1.165, 1.54) is 30.3 Å². The van der Waals surface area contributed by atoms with Crippen LogP contribution in [-0.2, 0) is 43.4 Å². The maximum absolute atomic E-state index is 12.5. The molecule has 1 saturated heterocycles. The van der Waals surface area contributed by atoms with Gasteiger partial charge in [0.05, 0.1) is 18.8 Å². The van der Waals surface area contributed by atoms with Crippen LogP contribution in [0, 0.1) is 0 Å². The Bertz CT molecular complexity index is 960.